The summed E-state index contributed by atoms with van der Waals surface area (Å²) >= 11 is 0. The fourth-order valence-corrected chi connectivity index (χ4v) is 1.55. The average molecular weight is 146 g/mol. The Kier molecular flexibility index (Phi) is 6.86. The molecule has 0 aromatic rings. The number of hydrogen-bond donors (Lipinski definition) is 0. The zero-order valence-electron chi connectivity index (χ0n) is 6.69. The van der Waals surface area contributed by atoms with Crippen LogP contribution in [0.1, 0.15) is 39.5 Å². The van der Waals surface area contributed by atoms with Crippen LogP contribution in [0.3, 0.4) is 0 Å². The molecule has 0 heterocycles. The number of unbranched alkanes of at least 4 members (excludes halogenated alkanes) is 1. The van der Waals surface area contributed by atoms with E-state index in [1.54, 1.807) is 0 Å². The van der Waals surface area contributed by atoms with Gasteiger partial charge in [-0.2, -0.15) is 0 Å². The molecule has 0 aromatic carbocycles. The second-order valence-corrected chi connectivity index (χ2v) is 3.12. The summed E-state index contributed by atoms with van der Waals surface area (Å²) in [5.74, 6) is 0.968. The summed E-state index contributed by atoms with van der Waals surface area (Å²) in [7, 11) is 2.83. The van der Waals surface area contributed by atoms with Gasteiger partial charge >= 0.3 is 0 Å². The molecular weight excluding hydrogens is 127 g/mol. The van der Waals surface area contributed by atoms with Crippen molar-refractivity contribution in [1.29, 1.82) is 0 Å². The highest BCUT2D eigenvalue weighted by Gasteiger charge is 2.00. The van der Waals surface area contributed by atoms with Crippen LogP contribution < -0.4 is 0 Å². The number of hydrogen-bond acceptors (Lipinski definition) is 0. The van der Waals surface area contributed by atoms with Crippen LogP contribution in [0, 0.1) is 5.92 Å². The van der Waals surface area contributed by atoms with Crippen LogP contribution in [0.25, 0.3) is 0 Å². The first-order valence-electron chi connectivity index (χ1n) is 4.05. The van der Waals surface area contributed by atoms with Crippen molar-refractivity contribution in [3.05, 3.63) is 0 Å². The van der Waals surface area contributed by atoms with Crippen LogP contribution in [0.2, 0.25) is 0 Å². The second-order valence-electron chi connectivity index (χ2n) is 2.65. The van der Waals surface area contributed by atoms with Crippen LogP contribution in [0.5, 0.6) is 0 Å². The van der Waals surface area contributed by atoms with Gasteiger partial charge in [0.25, 0.3) is 0 Å². The minimum atomic E-state index is 0.968. The molecular formula is C8H19P. The van der Waals surface area contributed by atoms with Crippen LogP contribution in [-0.2, 0) is 0 Å². The summed E-state index contributed by atoms with van der Waals surface area (Å²) in [5.41, 5.74) is 0. The third-order valence-corrected chi connectivity index (χ3v) is 2.54. The lowest BCUT2D eigenvalue weighted by molar-refractivity contribution is 0.499. The van der Waals surface area contributed by atoms with Gasteiger partial charge in [-0.05, 0) is 12.1 Å². The van der Waals surface area contributed by atoms with Gasteiger partial charge in [0.1, 0.15) is 0 Å². The monoisotopic (exact) mass is 146 g/mol. The van der Waals surface area contributed by atoms with E-state index in [-0.39, 0.29) is 0 Å². The Morgan fingerprint density at radius 1 is 1.33 bits per heavy atom. The smallest absolute Gasteiger partial charge is 0.0353 e. The SMILES string of the molecule is CCCCC(CC)CP. The molecule has 0 fully saturated rings. The third-order valence-electron chi connectivity index (χ3n) is 1.88. The number of rotatable bonds is 5. The quantitative estimate of drug-likeness (QED) is 0.523. The van der Waals surface area contributed by atoms with Gasteiger partial charge in [0.2, 0.25) is 0 Å². The maximum atomic E-state index is 2.83. The van der Waals surface area contributed by atoms with E-state index in [2.05, 4.69) is 23.1 Å². The largest absolute Gasteiger partial charge is 0.137 e. The highest BCUT2D eigenvalue weighted by atomic mass is 31.0. The molecule has 0 spiro atoms. The second kappa shape index (κ2) is 6.55. The Hall–Kier alpha value is 0.430. The fourth-order valence-electron chi connectivity index (χ4n) is 0.981. The molecule has 0 amide bonds. The van der Waals surface area contributed by atoms with Crippen LogP contribution in [-0.4, -0.2) is 6.16 Å². The summed E-state index contributed by atoms with van der Waals surface area (Å²) in [6.45, 7) is 4.54. The highest BCUT2D eigenvalue weighted by molar-refractivity contribution is 7.16. The lowest BCUT2D eigenvalue weighted by Crippen LogP contribution is -1.98. The van der Waals surface area contributed by atoms with Crippen molar-refractivity contribution in [3.8, 4) is 0 Å². The first-order chi connectivity index (χ1) is 4.35. The Balaban J connectivity index is 3.09. The lowest BCUT2D eigenvalue weighted by Gasteiger charge is -2.09. The van der Waals surface area contributed by atoms with Crippen molar-refractivity contribution in [1.82, 2.24) is 0 Å². The Morgan fingerprint density at radius 3 is 2.33 bits per heavy atom. The van der Waals surface area contributed by atoms with Crippen molar-refractivity contribution in [2.45, 2.75) is 39.5 Å². The van der Waals surface area contributed by atoms with Gasteiger partial charge in [-0.15, -0.1) is 9.24 Å². The molecule has 0 aliphatic rings. The van der Waals surface area contributed by atoms with E-state index in [0.29, 0.717) is 0 Å². The Morgan fingerprint density at radius 2 is 2.00 bits per heavy atom. The maximum absolute atomic E-state index is 2.83. The molecule has 0 radical (unpaired) electrons. The molecule has 0 N–H and O–H groups in total. The molecule has 0 saturated heterocycles. The molecule has 2 unspecified atom stereocenters. The predicted molar refractivity (Wildman–Crippen MR) is 47.9 cm³/mol. The molecule has 0 aromatic heterocycles. The summed E-state index contributed by atoms with van der Waals surface area (Å²) < 4.78 is 0. The van der Waals surface area contributed by atoms with E-state index in [4.69, 9.17) is 0 Å². The fraction of sp³-hybridized carbons (Fsp3) is 1.00. The molecule has 0 bridgehead atoms. The molecule has 9 heavy (non-hydrogen) atoms. The van der Waals surface area contributed by atoms with Gasteiger partial charge in [0, 0.05) is 0 Å². The molecule has 0 aliphatic heterocycles. The van der Waals surface area contributed by atoms with Gasteiger partial charge in [0.05, 0.1) is 0 Å². The van der Waals surface area contributed by atoms with Gasteiger partial charge in [-0.25, -0.2) is 0 Å². The normalized spacial score (nSPS) is 13.7. The first kappa shape index (κ1) is 9.43. The third kappa shape index (κ3) is 4.90. The molecule has 0 saturated carbocycles. The average Bonchev–Trinajstić information content (AvgIpc) is 1.91. The van der Waals surface area contributed by atoms with Crippen molar-refractivity contribution in [2.75, 3.05) is 6.16 Å². The van der Waals surface area contributed by atoms with Gasteiger partial charge in [-0.1, -0.05) is 39.5 Å². The predicted octanol–water partition coefficient (Wildman–Crippen LogP) is 3.08. The lowest BCUT2D eigenvalue weighted by atomic mass is 10.0. The van der Waals surface area contributed by atoms with Crippen molar-refractivity contribution in [3.63, 3.8) is 0 Å². The van der Waals surface area contributed by atoms with E-state index in [9.17, 15) is 0 Å². The summed E-state index contributed by atoms with van der Waals surface area (Å²) in [6, 6.07) is 0. The summed E-state index contributed by atoms with van der Waals surface area (Å²) in [4.78, 5) is 0. The van der Waals surface area contributed by atoms with E-state index < -0.39 is 0 Å². The van der Waals surface area contributed by atoms with E-state index in [1.165, 1.54) is 31.8 Å². The van der Waals surface area contributed by atoms with Crippen LogP contribution in [0.15, 0.2) is 0 Å². The van der Waals surface area contributed by atoms with Gasteiger partial charge in [0.15, 0.2) is 0 Å². The van der Waals surface area contributed by atoms with Crippen LogP contribution in [0.4, 0.5) is 0 Å². The molecule has 1 heteroatoms. The van der Waals surface area contributed by atoms with E-state index >= 15 is 0 Å². The van der Waals surface area contributed by atoms with E-state index in [0.717, 1.165) is 5.92 Å². The minimum absolute atomic E-state index is 0.968. The molecule has 2 atom stereocenters. The molecule has 0 nitrogen and oxygen atoms in total. The van der Waals surface area contributed by atoms with E-state index in [1.807, 2.05) is 0 Å². The molecule has 0 aliphatic carbocycles. The standard InChI is InChI=1S/C8H19P/c1-3-5-6-8(4-2)7-9/h8H,3-7,9H2,1-2H3. The topological polar surface area (TPSA) is 0 Å². The highest BCUT2D eigenvalue weighted by Crippen LogP contribution is 2.14. The first-order valence-corrected chi connectivity index (χ1v) is 4.86. The minimum Gasteiger partial charge on any atom is -0.137 e. The van der Waals surface area contributed by atoms with Crippen molar-refractivity contribution >= 4 is 9.24 Å². The Bertz CT molecular complexity index is 48.5. The van der Waals surface area contributed by atoms with Gasteiger partial charge < -0.3 is 0 Å². The van der Waals surface area contributed by atoms with Crippen molar-refractivity contribution < 1.29 is 0 Å². The molecule has 56 valence electrons. The Labute approximate surface area is 61.6 Å². The molecule has 0 rings (SSSR count). The zero-order valence-corrected chi connectivity index (χ0v) is 7.84. The maximum Gasteiger partial charge on any atom is -0.0353 e. The van der Waals surface area contributed by atoms with Gasteiger partial charge in [-0.3, -0.25) is 0 Å². The summed E-state index contributed by atoms with van der Waals surface area (Å²) in [6.07, 6.45) is 6.82. The van der Waals surface area contributed by atoms with Crippen molar-refractivity contribution in [2.24, 2.45) is 5.92 Å². The summed E-state index contributed by atoms with van der Waals surface area (Å²) in [5, 5.41) is 0. The van der Waals surface area contributed by atoms with Crippen LogP contribution >= 0.6 is 9.24 Å². The zero-order chi connectivity index (χ0) is 7.11.